The van der Waals surface area contributed by atoms with Gasteiger partial charge in [0.15, 0.2) is 10.9 Å². The first kappa shape index (κ1) is 15.3. The van der Waals surface area contributed by atoms with Crippen molar-refractivity contribution in [2.45, 2.75) is 25.6 Å². The molecule has 2 saturated heterocycles. The summed E-state index contributed by atoms with van der Waals surface area (Å²) in [6.07, 6.45) is 3.41. The van der Waals surface area contributed by atoms with E-state index in [-0.39, 0.29) is 5.79 Å². The lowest BCUT2D eigenvalue weighted by molar-refractivity contribution is -0.180. The van der Waals surface area contributed by atoms with Gasteiger partial charge in [0.2, 0.25) is 0 Å². The third-order valence-corrected chi connectivity index (χ3v) is 4.33. The van der Waals surface area contributed by atoms with Gasteiger partial charge in [0.25, 0.3) is 0 Å². The molecule has 2 aliphatic heterocycles. The SMILES string of the molecule is C/C(=N\NC(=S)N1CCC2(CC1)OCCO2)c1ccccn1. The second-order valence-corrected chi connectivity index (χ2v) is 5.81. The van der Waals surface area contributed by atoms with Crippen molar-refractivity contribution in [1.82, 2.24) is 15.3 Å². The molecule has 2 aliphatic rings. The highest BCUT2D eigenvalue weighted by Gasteiger charge is 2.40. The second kappa shape index (κ2) is 6.68. The third-order valence-electron chi connectivity index (χ3n) is 3.98. The Labute approximate surface area is 135 Å². The van der Waals surface area contributed by atoms with Crippen molar-refractivity contribution in [3.63, 3.8) is 0 Å². The molecule has 0 atom stereocenters. The number of thiocarbonyl (C=S) groups is 1. The molecule has 22 heavy (non-hydrogen) atoms. The Morgan fingerprint density at radius 1 is 1.32 bits per heavy atom. The average molecular weight is 320 g/mol. The molecular formula is C15H20N4O2S. The van der Waals surface area contributed by atoms with Crippen LogP contribution in [0, 0.1) is 0 Å². The summed E-state index contributed by atoms with van der Waals surface area (Å²) in [5.41, 5.74) is 4.59. The number of aromatic nitrogens is 1. The number of hydrogen-bond donors (Lipinski definition) is 1. The van der Waals surface area contributed by atoms with Crippen molar-refractivity contribution >= 4 is 23.0 Å². The fourth-order valence-electron chi connectivity index (χ4n) is 2.67. The normalized spacial score (nSPS) is 21.1. The Morgan fingerprint density at radius 3 is 2.68 bits per heavy atom. The Hall–Kier alpha value is -1.57. The molecule has 2 fully saturated rings. The van der Waals surface area contributed by atoms with Gasteiger partial charge >= 0.3 is 0 Å². The van der Waals surface area contributed by atoms with Crippen molar-refractivity contribution in [2.75, 3.05) is 26.3 Å². The highest BCUT2D eigenvalue weighted by Crippen LogP contribution is 2.31. The number of pyridine rings is 1. The summed E-state index contributed by atoms with van der Waals surface area (Å²) < 4.78 is 11.4. The maximum atomic E-state index is 5.72. The third kappa shape index (κ3) is 3.43. The number of hydrazone groups is 1. The number of hydrogen-bond acceptors (Lipinski definition) is 5. The lowest BCUT2D eigenvalue weighted by Gasteiger charge is -2.38. The summed E-state index contributed by atoms with van der Waals surface area (Å²) in [7, 11) is 0. The molecule has 1 aromatic rings. The molecule has 0 saturated carbocycles. The topological polar surface area (TPSA) is 59.0 Å². The van der Waals surface area contributed by atoms with Crippen LogP contribution in [-0.2, 0) is 9.47 Å². The van der Waals surface area contributed by atoms with Crippen molar-refractivity contribution in [3.8, 4) is 0 Å². The number of nitrogens with zero attached hydrogens (tertiary/aromatic N) is 3. The zero-order valence-corrected chi connectivity index (χ0v) is 13.4. The van der Waals surface area contributed by atoms with Gasteiger partial charge in [-0.05, 0) is 31.3 Å². The fourth-order valence-corrected chi connectivity index (χ4v) is 2.90. The van der Waals surface area contributed by atoms with E-state index >= 15 is 0 Å². The van der Waals surface area contributed by atoms with E-state index < -0.39 is 0 Å². The minimum Gasteiger partial charge on any atom is -0.347 e. The first-order valence-electron chi connectivity index (χ1n) is 7.47. The van der Waals surface area contributed by atoms with Gasteiger partial charge in [-0.2, -0.15) is 5.10 Å². The molecule has 0 unspecified atom stereocenters. The maximum absolute atomic E-state index is 5.72. The van der Waals surface area contributed by atoms with Crippen molar-refractivity contribution in [3.05, 3.63) is 30.1 Å². The zero-order valence-electron chi connectivity index (χ0n) is 12.6. The molecule has 6 nitrogen and oxygen atoms in total. The molecule has 0 radical (unpaired) electrons. The van der Waals surface area contributed by atoms with E-state index in [1.165, 1.54) is 0 Å². The van der Waals surface area contributed by atoms with Crippen molar-refractivity contribution < 1.29 is 9.47 Å². The van der Waals surface area contributed by atoms with E-state index in [9.17, 15) is 0 Å². The smallest absolute Gasteiger partial charge is 0.189 e. The number of piperidine rings is 1. The van der Waals surface area contributed by atoms with E-state index in [1.807, 2.05) is 25.1 Å². The summed E-state index contributed by atoms with van der Waals surface area (Å²) >= 11 is 5.41. The van der Waals surface area contributed by atoms with Gasteiger partial charge in [0, 0.05) is 32.1 Å². The molecule has 0 amide bonds. The summed E-state index contributed by atoms with van der Waals surface area (Å²) in [6, 6.07) is 5.74. The van der Waals surface area contributed by atoms with Crippen LogP contribution in [0.2, 0.25) is 0 Å². The average Bonchev–Trinajstić information content (AvgIpc) is 3.02. The summed E-state index contributed by atoms with van der Waals surface area (Å²) in [5.74, 6) is -0.376. The van der Waals surface area contributed by atoms with Crippen molar-refractivity contribution in [2.24, 2.45) is 5.10 Å². The summed E-state index contributed by atoms with van der Waals surface area (Å²) in [5, 5.41) is 4.95. The minimum atomic E-state index is -0.376. The molecule has 1 N–H and O–H groups in total. The Balaban J connectivity index is 1.52. The van der Waals surface area contributed by atoms with Crippen LogP contribution in [0.3, 0.4) is 0 Å². The van der Waals surface area contributed by atoms with Crippen LogP contribution in [0.1, 0.15) is 25.5 Å². The molecule has 1 spiro atoms. The highest BCUT2D eigenvalue weighted by molar-refractivity contribution is 7.80. The Morgan fingerprint density at radius 2 is 2.05 bits per heavy atom. The predicted octanol–water partition coefficient (Wildman–Crippen LogP) is 1.52. The fraction of sp³-hybridized carbons (Fsp3) is 0.533. The van der Waals surface area contributed by atoms with Gasteiger partial charge in [-0.1, -0.05) is 6.07 Å². The van der Waals surface area contributed by atoms with Crippen molar-refractivity contribution in [1.29, 1.82) is 0 Å². The van der Waals surface area contributed by atoms with E-state index in [2.05, 4.69) is 20.4 Å². The molecule has 0 aliphatic carbocycles. The van der Waals surface area contributed by atoms with Gasteiger partial charge in [0.1, 0.15) is 0 Å². The molecule has 7 heteroatoms. The van der Waals surface area contributed by atoms with Gasteiger partial charge in [0.05, 0.1) is 24.6 Å². The largest absolute Gasteiger partial charge is 0.347 e. The first-order valence-corrected chi connectivity index (χ1v) is 7.88. The standard InChI is InChI=1S/C15H20N4O2S/c1-12(13-4-2-3-7-16-13)17-18-14(22)19-8-5-15(6-9-19)20-10-11-21-15/h2-4,7H,5-6,8-11H2,1H3,(H,18,22)/b17-12+. The predicted molar refractivity (Wildman–Crippen MR) is 87.6 cm³/mol. The van der Waals surface area contributed by atoms with Crippen LogP contribution in [-0.4, -0.2) is 52.8 Å². The monoisotopic (exact) mass is 320 g/mol. The first-order chi connectivity index (χ1) is 10.7. The summed E-state index contributed by atoms with van der Waals surface area (Å²) in [6.45, 7) is 4.91. The van der Waals surface area contributed by atoms with E-state index in [0.29, 0.717) is 18.3 Å². The highest BCUT2D eigenvalue weighted by atomic mass is 32.1. The van der Waals surface area contributed by atoms with Crippen LogP contribution in [0.4, 0.5) is 0 Å². The van der Waals surface area contributed by atoms with Gasteiger partial charge in [-0.15, -0.1) is 0 Å². The molecule has 3 rings (SSSR count). The number of rotatable bonds is 2. The van der Waals surface area contributed by atoms with Crippen LogP contribution < -0.4 is 5.43 Å². The zero-order chi connectivity index (χ0) is 15.4. The van der Waals surface area contributed by atoms with Crippen LogP contribution in [0.25, 0.3) is 0 Å². The Kier molecular flexibility index (Phi) is 4.66. The molecule has 1 aromatic heterocycles. The van der Waals surface area contributed by atoms with Gasteiger partial charge in [-0.3, -0.25) is 10.4 Å². The lowest BCUT2D eigenvalue weighted by atomic mass is 10.0. The van der Waals surface area contributed by atoms with E-state index in [4.69, 9.17) is 21.7 Å². The van der Waals surface area contributed by atoms with E-state index in [1.54, 1.807) is 6.20 Å². The number of ether oxygens (including phenoxy) is 2. The Bertz CT molecular complexity index is 548. The van der Waals surface area contributed by atoms with Crippen LogP contribution in [0.5, 0.6) is 0 Å². The maximum Gasteiger partial charge on any atom is 0.189 e. The number of likely N-dealkylation sites (tertiary alicyclic amines) is 1. The van der Waals surface area contributed by atoms with Crippen LogP contribution in [0.15, 0.2) is 29.5 Å². The molecule has 0 bridgehead atoms. The summed E-state index contributed by atoms with van der Waals surface area (Å²) in [4.78, 5) is 6.35. The van der Waals surface area contributed by atoms with Crippen LogP contribution >= 0.6 is 12.2 Å². The molecule has 0 aromatic carbocycles. The van der Waals surface area contributed by atoms with Gasteiger partial charge in [-0.25, -0.2) is 0 Å². The molecular weight excluding hydrogens is 300 g/mol. The quantitative estimate of drug-likeness (QED) is 0.506. The molecule has 118 valence electrons. The van der Waals surface area contributed by atoms with Gasteiger partial charge < -0.3 is 14.4 Å². The lowest BCUT2D eigenvalue weighted by Crippen LogP contribution is -2.49. The minimum absolute atomic E-state index is 0.376. The second-order valence-electron chi connectivity index (χ2n) is 5.42. The number of nitrogens with one attached hydrogen (secondary N) is 1. The van der Waals surface area contributed by atoms with E-state index in [0.717, 1.165) is 37.3 Å². The molecule has 3 heterocycles.